The molecule has 1 heterocycles. The standard InChI is InChI=1S/C24H28N2O5/c1-30-17-2-3-18-16(8-21(27)31-20(18)9-17)7-19(22(25)28)26-23(29)24-10-13-4-14(11-24)6-15(5-13)12-24/h2-3,8-9,13-15,19H,4-7,10-12H2,1H3,(H2,25,28)(H,26,29)/t13?,14?,15?,19-,24?/m1/s1. The zero-order valence-corrected chi connectivity index (χ0v) is 17.7. The maximum absolute atomic E-state index is 13.4. The summed E-state index contributed by atoms with van der Waals surface area (Å²) in [5.41, 5.74) is 5.77. The van der Waals surface area contributed by atoms with Crippen LogP contribution in [-0.4, -0.2) is 25.0 Å². The average Bonchev–Trinajstić information content (AvgIpc) is 2.71. The zero-order chi connectivity index (χ0) is 21.8. The van der Waals surface area contributed by atoms with E-state index in [9.17, 15) is 14.4 Å². The molecule has 31 heavy (non-hydrogen) atoms. The molecule has 7 heteroatoms. The van der Waals surface area contributed by atoms with Crippen molar-refractivity contribution in [2.45, 2.75) is 51.0 Å². The van der Waals surface area contributed by atoms with Crippen LogP contribution in [0.3, 0.4) is 0 Å². The maximum Gasteiger partial charge on any atom is 0.336 e. The average molecular weight is 424 g/mol. The number of methoxy groups -OCH3 is 1. The molecule has 0 unspecified atom stereocenters. The van der Waals surface area contributed by atoms with Crippen molar-refractivity contribution in [3.8, 4) is 5.75 Å². The van der Waals surface area contributed by atoms with Gasteiger partial charge in [0.1, 0.15) is 17.4 Å². The lowest BCUT2D eigenvalue weighted by atomic mass is 9.49. The van der Waals surface area contributed by atoms with Crippen LogP contribution >= 0.6 is 0 Å². The Bertz CT molecular complexity index is 1070. The van der Waals surface area contributed by atoms with E-state index in [1.807, 2.05) is 0 Å². The summed E-state index contributed by atoms with van der Waals surface area (Å²) in [6, 6.07) is 5.66. The highest BCUT2D eigenvalue weighted by Gasteiger charge is 2.54. The van der Waals surface area contributed by atoms with Crippen molar-refractivity contribution in [3.63, 3.8) is 0 Å². The fourth-order valence-corrected chi connectivity index (χ4v) is 6.65. The molecular formula is C24H28N2O5. The van der Waals surface area contributed by atoms with E-state index in [1.54, 1.807) is 18.2 Å². The third-order valence-electron chi connectivity index (χ3n) is 7.63. The summed E-state index contributed by atoms with van der Waals surface area (Å²) < 4.78 is 10.5. The number of amides is 2. The Morgan fingerprint density at radius 2 is 1.81 bits per heavy atom. The van der Waals surface area contributed by atoms with Gasteiger partial charge in [-0.15, -0.1) is 0 Å². The number of hydrogen-bond acceptors (Lipinski definition) is 5. The second-order valence-electron chi connectivity index (χ2n) is 9.78. The van der Waals surface area contributed by atoms with Gasteiger partial charge in [-0.3, -0.25) is 9.59 Å². The number of carbonyl (C=O) groups excluding carboxylic acids is 2. The number of ether oxygens (including phenoxy) is 1. The van der Waals surface area contributed by atoms with E-state index in [-0.39, 0.29) is 17.7 Å². The van der Waals surface area contributed by atoms with E-state index in [1.165, 1.54) is 32.4 Å². The molecule has 0 aliphatic heterocycles. The van der Waals surface area contributed by atoms with Crippen LogP contribution in [0.1, 0.15) is 44.1 Å². The van der Waals surface area contributed by atoms with E-state index in [2.05, 4.69) is 5.32 Å². The second kappa shape index (κ2) is 7.39. The molecule has 4 aliphatic rings. The molecule has 1 atom stereocenters. The van der Waals surface area contributed by atoms with Crippen LogP contribution in [0.5, 0.6) is 5.75 Å². The van der Waals surface area contributed by atoms with E-state index in [0.717, 1.165) is 19.3 Å². The summed E-state index contributed by atoms with van der Waals surface area (Å²) in [4.78, 5) is 37.8. The third-order valence-corrected chi connectivity index (χ3v) is 7.63. The van der Waals surface area contributed by atoms with Gasteiger partial charge in [0.25, 0.3) is 0 Å². The number of nitrogens with one attached hydrogen (secondary N) is 1. The molecule has 0 spiro atoms. The Hall–Kier alpha value is -2.83. The van der Waals surface area contributed by atoms with Gasteiger partial charge >= 0.3 is 5.63 Å². The summed E-state index contributed by atoms with van der Waals surface area (Å²) >= 11 is 0. The van der Waals surface area contributed by atoms with Crippen LogP contribution < -0.4 is 21.4 Å². The minimum Gasteiger partial charge on any atom is -0.497 e. The molecule has 4 bridgehead atoms. The molecule has 2 amide bonds. The normalized spacial score (nSPS) is 29.6. The van der Waals surface area contributed by atoms with Crippen LogP contribution in [0.2, 0.25) is 0 Å². The Kier molecular flexibility index (Phi) is 4.79. The molecule has 4 saturated carbocycles. The SMILES string of the molecule is COc1ccc2c(C[C@@H](NC(=O)C34CC5CC(CC(C5)C3)C4)C(N)=O)cc(=O)oc2c1. The highest BCUT2D eigenvalue weighted by atomic mass is 16.5. The molecule has 0 radical (unpaired) electrons. The Morgan fingerprint density at radius 3 is 2.39 bits per heavy atom. The zero-order valence-electron chi connectivity index (χ0n) is 17.7. The first-order valence-corrected chi connectivity index (χ1v) is 11.1. The number of fused-ring (bicyclic) bond motifs is 1. The predicted molar refractivity (Wildman–Crippen MR) is 114 cm³/mol. The Labute approximate surface area is 180 Å². The molecular weight excluding hydrogens is 396 g/mol. The van der Waals surface area contributed by atoms with Crippen molar-refractivity contribution in [3.05, 3.63) is 40.2 Å². The van der Waals surface area contributed by atoms with Crippen LogP contribution in [0.25, 0.3) is 11.0 Å². The molecule has 3 N–H and O–H groups in total. The number of rotatable bonds is 6. The minimum atomic E-state index is -0.882. The number of benzene rings is 1. The van der Waals surface area contributed by atoms with Gasteiger partial charge in [0.15, 0.2) is 0 Å². The highest BCUT2D eigenvalue weighted by molar-refractivity contribution is 5.90. The molecule has 1 aromatic heterocycles. The summed E-state index contributed by atoms with van der Waals surface area (Å²) in [5.74, 6) is 1.79. The lowest BCUT2D eigenvalue weighted by Crippen LogP contribution is -2.57. The lowest BCUT2D eigenvalue weighted by Gasteiger charge is -2.55. The Morgan fingerprint density at radius 1 is 1.16 bits per heavy atom. The third kappa shape index (κ3) is 3.60. The topological polar surface area (TPSA) is 112 Å². The predicted octanol–water partition coefficient (Wildman–Crippen LogP) is 2.53. The van der Waals surface area contributed by atoms with Gasteiger partial charge in [-0.05, 0) is 74.0 Å². The lowest BCUT2D eigenvalue weighted by molar-refractivity contribution is -0.148. The van der Waals surface area contributed by atoms with Crippen molar-refractivity contribution in [2.75, 3.05) is 7.11 Å². The van der Waals surface area contributed by atoms with Gasteiger partial charge in [-0.25, -0.2) is 4.79 Å². The molecule has 7 nitrogen and oxygen atoms in total. The van der Waals surface area contributed by atoms with E-state index >= 15 is 0 Å². The number of primary amides is 1. The summed E-state index contributed by atoms with van der Waals surface area (Å²) in [7, 11) is 1.53. The van der Waals surface area contributed by atoms with E-state index in [4.69, 9.17) is 14.9 Å². The molecule has 4 aliphatic carbocycles. The fraction of sp³-hybridized carbons (Fsp3) is 0.542. The van der Waals surface area contributed by atoms with Crippen molar-refractivity contribution in [1.29, 1.82) is 0 Å². The van der Waals surface area contributed by atoms with Crippen molar-refractivity contribution < 1.29 is 18.7 Å². The maximum atomic E-state index is 13.4. The number of carbonyl (C=O) groups is 2. The quantitative estimate of drug-likeness (QED) is 0.692. The molecule has 2 aromatic rings. The first kappa shape index (κ1) is 20.1. The molecule has 164 valence electrons. The second-order valence-corrected chi connectivity index (χ2v) is 9.78. The number of hydrogen-bond donors (Lipinski definition) is 2. The molecule has 4 fully saturated rings. The van der Waals surface area contributed by atoms with Gasteiger partial charge in [-0.1, -0.05) is 0 Å². The van der Waals surface area contributed by atoms with E-state index < -0.39 is 17.6 Å². The van der Waals surface area contributed by atoms with Gasteiger partial charge in [0, 0.05) is 29.4 Å². The van der Waals surface area contributed by atoms with Crippen LogP contribution in [0.15, 0.2) is 33.5 Å². The van der Waals surface area contributed by atoms with Gasteiger partial charge in [0.05, 0.1) is 7.11 Å². The summed E-state index contributed by atoms with van der Waals surface area (Å²) in [6.07, 6.45) is 6.58. The van der Waals surface area contributed by atoms with Gasteiger partial charge in [0.2, 0.25) is 11.8 Å². The van der Waals surface area contributed by atoms with Gasteiger partial charge < -0.3 is 20.2 Å². The van der Waals surface area contributed by atoms with E-state index in [0.29, 0.717) is 40.0 Å². The molecule has 1 aromatic carbocycles. The smallest absolute Gasteiger partial charge is 0.336 e. The van der Waals surface area contributed by atoms with Crippen LogP contribution in [0.4, 0.5) is 0 Å². The fourth-order valence-electron chi connectivity index (χ4n) is 6.65. The first-order chi connectivity index (χ1) is 14.8. The van der Waals surface area contributed by atoms with Crippen molar-refractivity contribution in [2.24, 2.45) is 28.9 Å². The monoisotopic (exact) mass is 424 g/mol. The molecule has 0 saturated heterocycles. The minimum absolute atomic E-state index is 0.0515. The van der Waals surface area contributed by atoms with Crippen LogP contribution in [-0.2, 0) is 16.0 Å². The highest BCUT2D eigenvalue weighted by Crippen LogP contribution is 2.60. The molecule has 6 rings (SSSR count). The Balaban J connectivity index is 1.40. The van der Waals surface area contributed by atoms with Crippen LogP contribution in [0, 0.1) is 23.2 Å². The largest absolute Gasteiger partial charge is 0.497 e. The number of nitrogens with two attached hydrogens (primary N) is 1. The summed E-state index contributed by atoms with van der Waals surface area (Å²) in [5, 5.41) is 3.65. The summed E-state index contributed by atoms with van der Waals surface area (Å²) in [6.45, 7) is 0. The first-order valence-electron chi connectivity index (χ1n) is 11.1. The van der Waals surface area contributed by atoms with Gasteiger partial charge in [-0.2, -0.15) is 0 Å². The van der Waals surface area contributed by atoms with Crippen molar-refractivity contribution >= 4 is 22.8 Å². The van der Waals surface area contributed by atoms with Crippen molar-refractivity contribution in [1.82, 2.24) is 5.32 Å².